The Morgan fingerprint density at radius 1 is 1.17 bits per heavy atom. The van der Waals surface area contributed by atoms with Gasteiger partial charge in [-0.2, -0.15) is 0 Å². The van der Waals surface area contributed by atoms with Crippen molar-refractivity contribution in [2.75, 3.05) is 13.7 Å². The highest BCUT2D eigenvalue weighted by Gasteiger charge is 2.20. The summed E-state index contributed by atoms with van der Waals surface area (Å²) in [5.74, 6) is -1.87. The molecule has 130 valence electrons. The highest BCUT2D eigenvalue weighted by molar-refractivity contribution is 6.30. The zero-order valence-electron chi connectivity index (χ0n) is 13.1. The molecule has 0 spiro atoms. The predicted molar refractivity (Wildman–Crippen MR) is 84.5 cm³/mol. The number of carbonyl (C=O) groups excluding carboxylic acids is 4. The summed E-state index contributed by atoms with van der Waals surface area (Å²) in [4.78, 5) is 45.7. The van der Waals surface area contributed by atoms with Crippen LogP contribution in [0.4, 0.5) is 4.79 Å². The number of halogens is 1. The summed E-state index contributed by atoms with van der Waals surface area (Å²) in [6.07, 6.45) is -2.24. The van der Waals surface area contributed by atoms with Crippen molar-refractivity contribution in [1.29, 1.82) is 0 Å². The number of imide groups is 1. The van der Waals surface area contributed by atoms with Crippen LogP contribution in [-0.4, -0.2) is 43.6 Å². The minimum absolute atomic E-state index is 0.0334. The molecular weight excluding hydrogens is 340 g/mol. The van der Waals surface area contributed by atoms with Crippen molar-refractivity contribution in [3.63, 3.8) is 0 Å². The standard InChI is InChI=1S/C15H17ClN2O6/c1-9(13(20)18-15(22)23-2)24-12(19)7-8-17-14(21)10-3-5-11(16)6-4-10/h3-6,9H,7-8H2,1-2H3,(H,17,21)(H,18,20,22)/t9-/m0/s1. The third-order valence-corrected chi connectivity index (χ3v) is 3.06. The number of alkyl carbamates (subject to hydrolysis) is 1. The molecule has 0 radical (unpaired) electrons. The van der Waals surface area contributed by atoms with Gasteiger partial charge in [0, 0.05) is 17.1 Å². The fourth-order valence-corrected chi connectivity index (χ4v) is 1.67. The monoisotopic (exact) mass is 356 g/mol. The van der Waals surface area contributed by atoms with E-state index in [-0.39, 0.29) is 18.9 Å². The van der Waals surface area contributed by atoms with Gasteiger partial charge in [0.2, 0.25) is 0 Å². The van der Waals surface area contributed by atoms with E-state index in [1.54, 1.807) is 24.3 Å². The zero-order chi connectivity index (χ0) is 18.1. The molecule has 3 amide bonds. The normalized spacial score (nSPS) is 11.1. The lowest BCUT2D eigenvalue weighted by atomic mass is 10.2. The van der Waals surface area contributed by atoms with Crippen molar-refractivity contribution in [3.8, 4) is 0 Å². The average Bonchev–Trinajstić information content (AvgIpc) is 2.54. The number of rotatable bonds is 6. The first-order chi connectivity index (χ1) is 11.3. The molecule has 9 heteroatoms. The minimum Gasteiger partial charge on any atom is -0.453 e. The molecule has 1 atom stereocenters. The van der Waals surface area contributed by atoms with Crippen LogP contribution < -0.4 is 10.6 Å². The molecule has 0 bridgehead atoms. The topological polar surface area (TPSA) is 111 Å². The average molecular weight is 357 g/mol. The highest BCUT2D eigenvalue weighted by atomic mass is 35.5. The molecule has 1 rings (SSSR count). The summed E-state index contributed by atoms with van der Waals surface area (Å²) in [6, 6.07) is 6.25. The number of carbonyl (C=O) groups is 4. The largest absolute Gasteiger partial charge is 0.453 e. The van der Waals surface area contributed by atoms with E-state index in [1.807, 2.05) is 5.32 Å². The highest BCUT2D eigenvalue weighted by Crippen LogP contribution is 2.09. The van der Waals surface area contributed by atoms with E-state index in [0.29, 0.717) is 10.6 Å². The Labute approximate surface area is 143 Å². The number of nitrogens with one attached hydrogen (secondary N) is 2. The van der Waals surface area contributed by atoms with Crippen molar-refractivity contribution in [1.82, 2.24) is 10.6 Å². The molecule has 0 unspecified atom stereocenters. The Morgan fingerprint density at radius 2 is 1.79 bits per heavy atom. The Morgan fingerprint density at radius 3 is 2.38 bits per heavy atom. The van der Waals surface area contributed by atoms with Crippen molar-refractivity contribution in [2.45, 2.75) is 19.4 Å². The fourth-order valence-electron chi connectivity index (χ4n) is 1.54. The Bertz CT molecular complexity index is 617. The number of hydrogen-bond acceptors (Lipinski definition) is 6. The molecule has 24 heavy (non-hydrogen) atoms. The summed E-state index contributed by atoms with van der Waals surface area (Å²) in [7, 11) is 1.10. The van der Waals surface area contributed by atoms with Gasteiger partial charge in [-0.15, -0.1) is 0 Å². The molecule has 2 N–H and O–H groups in total. The lowest BCUT2D eigenvalue weighted by Crippen LogP contribution is -2.39. The second kappa shape index (κ2) is 9.51. The molecular formula is C15H17ClN2O6. The van der Waals surface area contributed by atoms with E-state index in [2.05, 4.69) is 10.1 Å². The number of esters is 1. The fraction of sp³-hybridized carbons (Fsp3) is 0.333. The van der Waals surface area contributed by atoms with Gasteiger partial charge in [-0.25, -0.2) is 4.79 Å². The van der Waals surface area contributed by atoms with Gasteiger partial charge in [0.25, 0.3) is 11.8 Å². The van der Waals surface area contributed by atoms with Crippen LogP contribution in [0.1, 0.15) is 23.7 Å². The van der Waals surface area contributed by atoms with Gasteiger partial charge in [0.1, 0.15) is 0 Å². The molecule has 0 saturated carbocycles. The minimum atomic E-state index is -1.16. The van der Waals surface area contributed by atoms with E-state index in [4.69, 9.17) is 16.3 Å². The molecule has 0 fully saturated rings. The predicted octanol–water partition coefficient (Wildman–Crippen LogP) is 1.27. The van der Waals surface area contributed by atoms with Crippen LogP contribution in [0.5, 0.6) is 0 Å². The zero-order valence-corrected chi connectivity index (χ0v) is 13.9. The maximum atomic E-state index is 11.8. The molecule has 0 aliphatic heterocycles. The second-order valence-corrected chi connectivity index (χ2v) is 5.06. The first kappa shape index (κ1) is 19.4. The summed E-state index contributed by atoms with van der Waals surface area (Å²) >= 11 is 5.72. The lowest BCUT2D eigenvalue weighted by molar-refractivity contribution is -0.154. The van der Waals surface area contributed by atoms with E-state index in [9.17, 15) is 19.2 Å². The van der Waals surface area contributed by atoms with Crippen molar-refractivity contribution >= 4 is 35.5 Å². The molecule has 1 aromatic carbocycles. The summed E-state index contributed by atoms with van der Waals surface area (Å²) < 4.78 is 9.08. The molecule has 0 aliphatic carbocycles. The van der Waals surface area contributed by atoms with Crippen LogP contribution in [-0.2, 0) is 19.1 Å². The number of benzene rings is 1. The van der Waals surface area contributed by atoms with Gasteiger partial charge in [0.05, 0.1) is 13.5 Å². The third kappa shape index (κ3) is 6.66. The van der Waals surface area contributed by atoms with E-state index in [0.717, 1.165) is 7.11 Å². The van der Waals surface area contributed by atoms with Crippen LogP contribution in [0, 0.1) is 0 Å². The van der Waals surface area contributed by atoms with Gasteiger partial charge < -0.3 is 14.8 Å². The van der Waals surface area contributed by atoms with Gasteiger partial charge in [-0.1, -0.05) is 11.6 Å². The maximum Gasteiger partial charge on any atom is 0.413 e. The van der Waals surface area contributed by atoms with Crippen molar-refractivity contribution in [2.24, 2.45) is 0 Å². The first-order valence-electron chi connectivity index (χ1n) is 6.95. The van der Waals surface area contributed by atoms with Crippen LogP contribution in [0.2, 0.25) is 5.02 Å². The van der Waals surface area contributed by atoms with Gasteiger partial charge in [-0.3, -0.25) is 19.7 Å². The molecule has 0 aromatic heterocycles. The lowest BCUT2D eigenvalue weighted by Gasteiger charge is -2.12. The molecule has 0 aliphatic rings. The van der Waals surface area contributed by atoms with Crippen molar-refractivity contribution in [3.05, 3.63) is 34.9 Å². The van der Waals surface area contributed by atoms with Crippen LogP contribution in [0.3, 0.4) is 0 Å². The van der Waals surface area contributed by atoms with E-state index in [1.165, 1.54) is 6.92 Å². The second-order valence-electron chi connectivity index (χ2n) is 4.63. The molecule has 0 saturated heterocycles. The Kier molecular flexibility index (Phi) is 7.70. The quantitative estimate of drug-likeness (QED) is 0.743. The summed E-state index contributed by atoms with van der Waals surface area (Å²) in [6.45, 7) is 1.34. The molecule has 1 aromatic rings. The number of methoxy groups -OCH3 is 1. The number of ether oxygens (including phenoxy) is 2. The summed E-state index contributed by atoms with van der Waals surface area (Å²) in [5.41, 5.74) is 0.401. The summed E-state index contributed by atoms with van der Waals surface area (Å²) in [5, 5.41) is 4.92. The number of amides is 3. The molecule has 0 heterocycles. The first-order valence-corrected chi connectivity index (χ1v) is 7.33. The smallest absolute Gasteiger partial charge is 0.413 e. The van der Waals surface area contributed by atoms with Gasteiger partial charge in [-0.05, 0) is 31.2 Å². The Hall–Kier alpha value is -2.61. The Balaban J connectivity index is 2.33. The SMILES string of the molecule is COC(=O)NC(=O)[C@H](C)OC(=O)CCNC(=O)c1ccc(Cl)cc1. The van der Waals surface area contributed by atoms with Gasteiger partial charge >= 0.3 is 12.1 Å². The number of hydrogen-bond donors (Lipinski definition) is 2. The maximum absolute atomic E-state index is 11.8. The third-order valence-electron chi connectivity index (χ3n) is 2.81. The van der Waals surface area contributed by atoms with E-state index < -0.39 is 24.1 Å². The van der Waals surface area contributed by atoms with Crippen LogP contribution >= 0.6 is 11.6 Å². The van der Waals surface area contributed by atoms with Crippen LogP contribution in [0.15, 0.2) is 24.3 Å². The van der Waals surface area contributed by atoms with Crippen molar-refractivity contribution < 1.29 is 28.7 Å². The van der Waals surface area contributed by atoms with Gasteiger partial charge in [0.15, 0.2) is 6.10 Å². The van der Waals surface area contributed by atoms with E-state index >= 15 is 0 Å². The van der Waals surface area contributed by atoms with Crippen LogP contribution in [0.25, 0.3) is 0 Å². The molecule has 8 nitrogen and oxygen atoms in total.